The molecule has 1 aromatic heterocycles. The highest BCUT2D eigenvalue weighted by molar-refractivity contribution is 7.13. The summed E-state index contributed by atoms with van der Waals surface area (Å²) in [6.45, 7) is 1.50. The highest BCUT2D eigenvalue weighted by atomic mass is 32.1. The van der Waals surface area contributed by atoms with Crippen LogP contribution in [-0.4, -0.2) is 40.2 Å². The number of thiazole rings is 1. The first-order valence-electron chi connectivity index (χ1n) is 8.67. The summed E-state index contributed by atoms with van der Waals surface area (Å²) in [7, 11) is 0. The standard InChI is InChI=1S/C18H16F3N5O2S/c1-9-11(15(27)24-17-22-7-8-29-17)16(28)26-14(23-9)12(10-5-3-2-4-6-10)13(25-26)18(19,20)21/h2-8,12-14,23,25H,1H3,(H,22,24,27). The maximum absolute atomic E-state index is 13.7. The minimum Gasteiger partial charge on any atom is -0.366 e. The Bertz CT molecular complexity index is 962. The van der Waals surface area contributed by atoms with E-state index in [0.717, 1.165) is 16.3 Å². The van der Waals surface area contributed by atoms with Crippen LogP contribution in [0.1, 0.15) is 18.4 Å². The van der Waals surface area contributed by atoms with E-state index in [1.165, 1.54) is 13.1 Å². The van der Waals surface area contributed by atoms with Crippen molar-refractivity contribution in [3.8, 4) is 0 Å². The Morgan fingerprint density at radius 3 is 2.62 bits per heavy atom. The van der Waals surface area contributed by atoms with Crippen LogP contribution >= 0.6 is 11.3 Å². The highest BCUT2D eigenvalue weighted by Gasteiger charge is 2.58. The summed E-state index contributed by atoms with van der Waals surface area (Å²) in [5.74, 6) is -2.64. The maximum Gasteiger partial charge on any atom is 0.406 e. The normalized spacial score (nSPS) is 24.3. The zero-order valence-electron chi connectivity index (χ0n) is 15.0. The minimum absolute atomic E-state index is 0.205. The van der Waals surface area contributed by atoms with Crippen molar-refractivity contribution < 1.29 is 22.8 Å². The molecule has 3 heterocycles. The lowest BCUT2D eigenvalue weighted by atomic mass is 9.89. The average Bonchev–Trinajstić information content (AvgIpc) is 3.29. The van der Waals surface area contributed by atoms with E-state index in [1.54, 1.807) is 35.7 Å². The van der Waals surface area contributed by atoms with Crippen molar-refractivity contribution in [1.82, 2.24) is 20.7 Å². The van der Waals surface area contributed by atoms with Crippen molar-refractivity contribution in [2.75, 3.05) is 5.32 Å². The molecule has 0 radical (unpaired) electrons. The summed E-state index contributed by atoms with van der Waals surface area (Å²) in [4.78, 5) is 29.4. The van der Waals surface area contributed by atoms with E-state index in [2.05, 4.69) is 21.0 Å². The lowest BCUT2D eigenvalue weighted by Crippen LogP contribution is -2.56. The summed E-state index contributed by atoms with van der Waals surface area (Å²) in [5, 5.41) is 8.20. The molecule has 2 aliphatic rings. The van der Waals surface area contributed by atoms with Crippen LogP contribution in [0.3, 0.4) is 0 Å². The summed E-state index contributed by atoms with van der Waals surface area (Å²) in [6, 6.07) is 6.19. The van der Waals surface area contributed by atoms with Gasteiger partial charge >= 0.3 is 6.18 Å². The minimum atomic E-state index is -4.60. The molecule has 29 heavy (non-hydrogen) atoms. The molecule has 11 heteroatoms. The Morgan fingerprint density at radius 2 is 2.00 bits per heavy atom. The zero-order valence-corrected chi connectivity index (χ0v) is 15.8. The summed E-state index contributed by atoms with van der Waals surface area (Å²) in [5.41, 5.74) is 2.63. The van der Waals surface area contributed by atoms with Gasteiger partial charge in [0.1, 0.15) is 17.8 Å². The number of amides is 2. The number of hydrazine groups is 1. The summed E-state index contributed by atoms with van der Waals surface area (Å²) < 4.78 is 41.2. The number of carbonyl (C=O) groups excluding carboxylic acids is 2. The predicted molar refractivity (Wildman–Crippen MR) is 99.4 cm³/mol. The molecule has 0 saturated carbocycles. The van der Waals surface area contributed by atoms with Crippen molar-refractivity contribution in [2.45, 2.75) is 31.2 Å². The van der Waals surface area contributed by atoms with Gasteiger partial charge in [-0.3, -0.25) is 14.9 Å². The molecule has 2 aromatic rings. The molecule has 1 fully saturated rings. The first-order valence-corrected chi connectivity index (χ1v) is 9.55. The topological polar surface area (TPSA) is 86.4 Å². The Balaban J connectivity index is 1.68. The van der Waals surface area contributed by atoms with Gasteiger partial charge in [0.05, 0.1) is 5.92 Å². The van der Waals surface area contributed by atoms with Gasteiger partial charge in [0.2, 0.25) is 0 Å². The molecular formula is C18H16F3N5O2S. The van der Waals surface area contributed by atoms with Crippen LogP contribution in [0.25, 0.3) is 0 Å². The Kier molecular flexibility index (Phi) is 4.79. The molecule has 3 unspecified atom stereocenters. The molecule has 0 spiro atoms. The summed E-state index contributed by atoms with van der Waals surface area (Å²) in [6.07, 6.45) is -4.11. The van der Waals surface area contributed by atoms with E-state index in [9.17, 15) is 22.8 Å². The molecule has 3 N–H and O–H groups in total. The average molecular weight is 423 g/mol. The first-order chi connectivity index (χ1) is 13.8. The van der Waals surface area contributed by atoms with Crippen LogP contribution in [0, 0.1) is 0 Å². The monoisotopic (exact) mass is 423 g/mol. The van der Waals surface area contributed by atoms with Crippen LogP contribution in [0.15, 0.2) is 53.2 Å². The Morgan fingerprint density at radius 1 is 1.28 bits per heavy atom. The van der Waals surface area contributed by atoms with Crippen molar-refractivity contribution in [3.05, 3.63) is 58.7 Å². The zero-order chi connectivity index (χ0) is 20.8. The fourth-order valence-corrected chi connectivity index (χ4v) is 4.13. The molecule has 1 aromatic carbocycles. The number of halogens is 3. The number of allylic oxidation sites excluding steroid dienone is 1. The predicted octanol–water partition coefficient (Wildman–Crippen LogP) is 2.35. The van der Waals surface area contributed by atoms with Crippen LogP contribution in [0.2, 0.25) is 0 Å². The number of benzene rings is 1. The van der Waals surface area contributed by atoms with Gasteiger partial charge in [-0.05, 0) is 12.5 Å². The van der Waals surface area contributed by atoms with Crippen molar-refractivity contribution in [3.63, 3.8) is 0 Å². The molecule has 2 amide bonds. The second-order valence-electron chi connectivity index (χ2n) is 6.64. The number of alkyl halides is 3. The van der Waals surface area contributed by atoms with Crippen LogP contribution in [0.4, 0.5) is 18.3 Å². The number of nitrogens with zero attached hydrogens (tertiary/aromatic N) is 2. The van der Waals surface area contributed by atoms with Gasteiger partial charge in [-0.25, -0.2) is 15.4 Å². The fourth-order valence-electron chi connectivity index (χ4n) is 3.61. The molecule has 0 bridgehead atoms. The number of anilines is 1. The van der Waals surface area contributed by atoms with Gasteiger partial charge in [-0.1, -0.05) is 30.3 Å². The number of fused-ring (bicyclic) bond motifs is 1. The second kappa shape index (κ2) is 7.16. The molecule has 4 rings (SSSR count). The molecule has 0 aliphatic carbocycles. The third-order valence-corrected chi connectivity index (χ3v) is 5.53. The number of carbonyl (C=O) groups is 2. The van der Waals surface area contributed by atoms with Crippen LogP contribution in [0.5, 0.6) is 0 Å². The first kappa shape index (κ1) is 19.4. The highest BCUT2D eigenvalue weighted by Crippen LogP contribution is 2.41. The van der Waals surface area contributed by atoms with Gasteiger partial charge in [0, 0.05) is 17.3 Å². The van der Waals surface area contributed by atoms with Gasteiger partial charge in [0.25, 0.3) is 11.8 Å². The van der Waals surface area contributed by atoms with Gasteiger partial charge in [-0.15, -0.1) is 11.3 Å². The van der Waals surface area contributed by atoms with E-state index in [1.807, 2.05) is 0 Å². The Hall–Kier alpha value is -2.92. The van der Waals surface area contributed by atoms with Crippen LogP contribution < -0.4 is 16.1 Å². The largest absolute Gasteiger partial charge is 0.406 e. The number of rotatable bonds is 3. The maximum atomic E-state index is 13.7. The molecule has 1 saturated heterocycles. The van der Waals surface area contributed by atoms with Gasteiger partial charge in [-0.2, -0.15) is 13.2 Å². The second-order valence-corrected chi connectivity index (χ2v) is 7.54. The molecule has 7 nitrogen and oxygen atoms in total. The van der Waals surface area contributed by atoms with E-state index in [4.69, 9.17) is 0 Å². The van der Waals surface area contributed by atoms with Gasteiger partial charge in [0.15, 0.2) is 5.13 Å². The molecule has 3 atom stereocenters. The molecular weight excluding hydrogens is 407 g/mol. The van der Waals surface area contributed by atoms with Crippen molar-refractivity contribution in [2.24, 2.45) is 0 Å². The summed E-state index contributed by atoms with van der Waals surface area (Å²) >= 11 is 1.16. The van der Waals surface area contributed by atoms with Crippen molar-refractivity contribution in [1.29, 1.82) is 0 Å². The van der Waals surface area contributed by atoms with E-state index >= 15 is 0 Å². The molecule has 2 aliphatic heterocycles. The van der Waals surface area contributed by atoms with E-state index in [-0.39, 0.29) is 16.4 Å². The number of hydrogen-bond donors (Lipinski definition) is 3. The third kappa shape index (κ3) is 3.47. The molecule has 152 valence electrons. The SMILES string of the molecule is CC1=C(C(=O)Nc2nccs2)C(=O)N2NC(C(F)(F)F)C(c3ccccc3)C2N1. The fraction of sp³-hybridized carbons (Fsp3) is 0.278. The van der Waals surface area contributed by atoms with Crippen molar-refractivity contribution >= 4 is 28.3 Å². The quantitative estimate of drug-likeness (QED) is 0.660. The van der Waals surface area contributed by atoms with E-state index in [0.29, 0.717) is 5.56 Å². The Labute approximate surface area is 167 Å². The third-order valence-electron chi connectivity index (χ3n) is 4.84. The lowest BCUT2D eigenvalue weighted by molar-refractivity contribution is -0.161. The van der Waals surface area contributed by atoms with Gasteiger partial charge < -0.3 is 5.32 Å². The lowest BCUT2D eigenvalue weighted by Gasteiger charge is -2.34. The van der Waals surface area contributed by atoms with E-state index < -0.39 is 36.1 Å². The number of nitrogens with one attached hydrogen (secondary N) is 3. The van der Waals surface area contributed by atoms with Crippen LogP contribution in [-0.2, 0) is 9.59 Å². The number of hydrogen-bond acceptors (Lipinski definition) is 6. The number of aromatic nitrogens is 1. The smallest absolute Gasteiger partial charge is 0.366 e.